The number of rotatable bonds is 7. The topological polar surface area (TPSA) is 56.0 Å². The number of benzene rings is 1. The smallest absolute Gasteiger partial charge is 0.228 e. The second-order valence-electron chi connectivity index (χ2n) is 8.39. The van der Waals surface area contributed by atoms with Crippen LogP contribution in [-0.2, 0) is 0 Å². The Morgan fingerprint density at radius 1 is 1.16 bits per heavy atom. The van der Waals surface area contributed by atoms with Crippen LogP contribution in [0.1, 0.15) is 53.5 Å². The summed E-state index contributed by atoms with van der Waals surface area (Å²) in [6.45, 7) is 5.91. The highest BCUT2D eigenvalue weighted by molar-refractivity contribution is 7.99. The van der Waals surface area contributed by atoms with Gasteiger partial charge in [0, 0.05) is 41.8 Å². The molecule has 1 aliphatic heterocycles. The van der Waals surface area contributed by atoms with Crippen LogP contribution in [0.25, 0.3) is 5.69 Å². The number of thioether (sulfide) groups is 1. The summed E-state index contributed by atoms with van der Waals surface area (Å²) in [5, 5.41) is 9.72. The molecule has 2 aliphatic rings. The Kier molecular flexibility index (Phi) is 5.33. The molecule has 0 amide bonds. The van der Waals surface area contributed by atoms with Crippen molar-refractivity contribution < 1.29 is 9.18 Å². The molecule has 2 aromatic heterocycles. The Balaban J connectivity index is 1.35. The van der Waals surface area contributed by atoms with Crippen LogP contribution < -0.4 is 4.90 Å². The highest BCUT2D eigenvalue weighted by Crippen LogP contribution is 2.41. The summed E-state index contributed by atoms with van der Waals surface area (Å²) < 4.78 is 17.9. The van der Waals surface area contributed by atoms with Gasteiger partial charge in [0.2, 0.25) is 5.95 Å². The molecule has 3 heterocycles. The van der Waals surface area contributed by atoms with E-state index in [0.717, 1.165) is 54.1 Å². The molecule has 0 radical (unpaired) electrons. The quantitative estimate of drug-likeness (QED) is 0.393. The lowest BCUT2D eigenvalue weighted by Gasteiger charge is -2.17. The van der Waals surface area contributed by atoms with Crippen molar-refractivity contribution in [3.8, 4) is 5.69 Å². The number of carbonyl (C=O) groups excluding carboxylic acids is 1. The fourth-order valence-electron chi connectivity index (χ4n) is 4.42. The summed E-state index contributed by atoms with van der Waals surface area (Å²) >= 11 is 1.46. The standard InChI is InChI=1S/C23H26FN5OS/c1-15-12-20(16(2)28(15)19-7-5-6-17(24)13-19)21(30)14-31-23-26-25-22(27-10-3-4-11-27)29(23)18-8-9-18/h5-7,12-13,18H,3-4,8-11,14H2,1-2H3. The van der Waals surface area contributed by atoms with Crippen molar-refractivity contribution in [2.45, 2.75) is 50.7 Å². The fraction of sp³-hybridized carbons (Fsp3) is 0.435. The number of hydrogen-bond donors (Lipinski definition) is 0. The van der Waals surface area contributed by atoms with E-state index < -0.39 is 0 Å². The molecule has 31 heavy (non-hydrogen) atoms. The number of halogens is 1. The summed E-state index contributed by atoms with van der Waals surface area (Å²) in [6.07, 6.45) is 4.68. The fourth-order valence-corrected chi connectivity index (χ4v) is 5.30. The maximum Gasteiger partial charge on any atom is 0.228 e. The van der Waals surface area contributed by atoms with Crippen LogP contribution in [-0.4, -0.2) is 44.0 Å². The monoisotopic (exact) mass is 439 g/mol. The van der Waals surface area contributed by atoms with Crippen molar-refractivity contribution in [3.05, 3.63) is 53.1 Å². The number of aromatic nitrogens is 4. The van der Waals surface area contributed by atoms with Crippen molar-refractivity contribution in [1.29, 1.82) is 0 Å². The molecule has 5 rings (SSSR count). The third-order valence-electron chi connectivity index (χ3n) is 6.08. The zero-order valence-corrected chi connectivity index (χ0v) is 18.7. The van der Waals surface area contributed by atoms with Crippen LogP contribution in [0.15, 0.2) is 35.5 Å². The predicted octanol–water partition coefficient (Wildman–Crippen LogP) is 4.73. The molecule has 8 heteroatoms. The van der Waals surface area contributed by atoms with E-state index in [0.29, 0.717) is 17.4 Å². The van der Waals surface area contributed by atoms with E-state index in [2.05, 4.69) is 19.7 Å². The van der Waals surface area contributed by atoms with Gasteiger partial charge in [-0.2, -0.15) is 0 Å². The summed E-state index contributed by atoms with van der Waals surface area (Å²) in [4.78, 5) is 15.4. The SMILES string of the molecule is Cc1cc(C(=O)CSc2nnc(N3CCCC3)n2C2CC2)c(C)n1-c1cccc(F)c1. The average molecular weight is 440 g/mol. The van der Waals surface area contributed by atoms with Gasteiger partial charge in [0.05, 0.1) is 5.75 Å². The van der Waals surface area contributed by atoms with Gasteiger partial charge >= 0.3 is 0 Å². The number of aryl methyl sites for hydroxylation is 1. The largest absolute Gasteiger partial charge is 0.341 e. The zero-order chi connectivity index (χ0) is 21.5. The molecule has 0 spiro atoms. The third-order valence-corrected chi connectivity index (χ3v) is 7.02. The number of ketones is 1. The molecule has 1 saturated heterocycles. The van der Waals surface area contributed by atoms with E-state index in [4.69, 9.17) is 0 Å². The predicted molar refractivity (Wildman–Crippen MR) is 120 cm³/mol. The minimum absolute atomic E-state index is 0.0498. The van der Waals surface area contributed by atoms with E-state index in [-0.39, 0.29) is 11.6 Å². The first-order valence-corrected chi connectivity index (χ1v) is 11.8. The van der Waals surface area contributed by atoms with Crippen molar-refractivity contribution in [3.63, 3.8) is 0 Å². The highest BCUT2D eigenvalue weighted by Gasteiger charge is 2.32. The summed E-state index contributed by atoms with van der Waals surface area (Å²) in [6, 6.07) is 8.80. The van der Waals surface area contributed by atoms with Crippen LogP contribution in [0.2, 0.25) is 0 Å². The number of Topliss-reactive ketones (excluding diaryl/α,β-unsaturated/α-hetero) is 1. The molecule has 1 aromatic carbocycles. The second-order valence-corrected chi connectivity index (χ2v) is 9.33. The molecular formula is C23H26FN5OS. The first kappa shape index (κ1) is 20.3. The third kappa shape index (κ3) is 3.89. The molecule has 6 nitrogen and oxygen atoms in total. The van der Waals surface area contributed by atoms with E-state index >= 15 is 0 Å². The van der Waals surface area contributed by atoms with Gasteiger partial charge in [0.1, 0.15) is 5.82 Å². The van der Waals surface area contributed by atoms with Crippen LogP contribution in [0.3, 0.4) is 0 Å². The Labute approximate surface area is 185 Å². The molecule has 1 saturated carbocycles. The molecule has 0 N–H and O–H groups in total. The van der Waals surface area contributed by atoms with Gasteiger partial charge in [-0.1, -0.05) is 17.8 Å². The lowest BCUT2D eigenvalue weighted by molar-refractivity contribution is 0.102. The van der Waals surface area contributed by atoms with Gasteiger partial charge in [0.15, 0.2) is 10.9 Å². The molecule has 0 bridgehead atoms. The first-order valence-electron chi connectivity index (χ1n) is 10.8. The van der Waals surface area contributed by atoms with Gasteiger partial charge in [-0.05, 0) is 63.8 Å². The summed E-state index contributed by atoms with van der Waals surface area (Å²) in [5.41, 5.74) is 3.14. The normalized spacial score (nSPS) is 16.3. The van der Waals surface area contributed by atoms with E-state index in [1.165, 1.54) is 36.7 Å². The minimum Gasteiger partial charge on any atom is -0.341 e. The van der Waals surface area contributed by atoms with Crippen molar-refractivity contribution in [1.82, 2.24) is 19.3 Å². The van der Waals surface area contributed by atoms with E-state index in [1.807, 2.05) is 30.5 Å². The van der Waals surface area contributed by atoms with Gasteiger partial charge in [-0.15, -0.1) is 10.2 Å². The van der Waals surface area contributed by atoms with Gasteiger partial charge in [0.25, 0.3) is 0 Å². The molecule has 1 aliphatic carbocycles. The summed E-state index contributed by atoms with van der Waals surface area (Å²) in [7, 11) is 0. The minimum atomic E-state index is -0.290. The maximum atomic E-state index is 13.7. The van der Waals surface area contributed by atoms with Crippen molar-refractivity contribution in [2.75, 3.05) is 23.7 Å². The maximum absolute atomic E-state index is 13.7. The van der Waals surface area contributed by atoms with Crippen LogP contribution in [0.5, 0.6) is 0 Å². The number of carbonyl (C=O) groups is 1. The molecule has 0 atom stereocenters. The molecule has 162 valence electrons. The molecule has 2 fully saturated rings. The average Bonchev–Trinajstić information content (AvgIpc) is 3.15. The van der Waals surface area contributed by atoms with E-state index in [9.17, 15) is 9.18 Å². The number of hydrogen-bond acceptors (Lipinski definition) is 5. The molecule has 0 unspecified atom stereocenters. The Morgan fingerprint density at radius 3 is 2.65 bits per heavy atom. The number of nitrogens with zero attached hydrogens (tertiary/aromatic N) is 5. The summed E-state index contributed by atoms with van der Waals surface area (Å²) in [5.74, 6) is 1.02. The second kappa shape index (κ2) is 8.15. The lowest BCUT2D eigenvalue weighted by Crippen LogP contribution is -2.22. The number of anilines is 1. The van der Waals surface area contributed by atoms with Crippen LogP contribution >= 0.6 is 11.8 Å². The van der Waals surface area contributed by atoms with Gasteiger partial charge in [-0.3, -0.25) is 9.36 Å². The highest BCUT2D eigenvalue weighted by atomic mass is 32.2. The van der Waals surface area contributed by atoms with Crippen molar-refractivity contribution in [2.24, 2.45) is 0 Å². The van der Waals surface area contributed by atoms with Crippen LogP contribution in [0.4, 0.5) is 10.3 Å². The van der Waals surface area contributed by atoms with Crippen LogP contribution in [0, 0.1) is 19.7 Å². The van der Waals surface area contributed by atoms with Crippen molar-refractivity contribution >= 4 is 23.5 Å². The van der Waals surface area contributed by atoms with Gasteiger partial charge < -0.3 is 9.47 Å². The van der Waals surface area contributed by atoms with E-state index in [1.54, 1.807) is 6.07 Å². The zero-order valence-electron chi connectivity index (χ0n) is 17.8. The first-order chi connectivity index (χ1) is 15.0. The Hall–Kier alpha value is -2.61. The molecule has 3 aromatic rings. The molecular weight excluding hydrogens is 413 g/mol. The van der Waals surface area contributed by atoms with Gasteiger partial charge in [-0.25, -0.2) is 4.39 Å². The Morgan fingerprint density at radius 2 is 1.94 bits per heavy atom. The Bertz CT molecular complexity index is 1130. The lowest BCUT2D eigenvalue weighted by atomic mass is 10.2.